The van der Waals surface area contributed by atoms with Crippen molar-refractivity contribution in [3.05, 3.63) is 72.0 Å². The maximum atomic E-state index is 14.0. The molecule has 1 heterocycles. The van der Waals surface area contributed by atoms with E-state index in [1.165, 1.54) is 18.4 Å². The Labute approximate surface area is 201 Å². The quantitative estimate of drug-likeness (QED) is 0.304. The van der Waals surface area contributed by atoms with Crippen LogP contribution in [0.2, 0.25) is 0 Å². The monoisotopic (exact) mass is 476 g/mol. The molecule has 5 N–H and O–H groups in total. The molecule has 35 heavy (non-hydrogen) atoms. The van der Waals surface area contributed by atoms with Gasteiger partial charge in [0.05, 0.1) is 17.5 Å². The third-order valence-electron chi connectivity index (χ3n) is 5.18. The first-order chi connectivity index (χ1) is 16.8. The van der Waals surface area contributed by atoms with Gasteiger partial charge in [-0.1, -0.05) is 29.9 Å². The largest absolute Gasteiger partial charge is 0.382 e. The number of amides is 1. The molecule has 1 aromatic heterocycles. The highest BCUT2D eigenvalue weighted by Gasteiger charge is 2.50. The normalized spacial score (nSPS) is 15.2. The fourth-order valence-corrected chi connectivity index (χ4v) is 2.96. The molecule has 1 aliphatic carbocycles. The van der Waals surface area contributed by atoms with Gasteiger partial charge in [0.15, 0.2) is 5.84 Å². The van der Waals surface area contributed by atoms with E-state index in [1.54, 1.807) is 31.2 Å². The van der Waals surface area contributed by atoms with Crippen LogP contribution in [-0.4, -0.2) is 35.0 Å². The topological polar surface area (TPSA) is 166 Å². The molecule has 0 atom stereocenters. The summed E-state index contributed by atoms with van der Waals surface area (Å²) in [6.07, 6.45) is 3.74. The van der Waals surface area contributed by atoms with Crippen molar-refractivity contribution in [2.45, 2.75) is 26.3 Å². The van der Waals surface area contributed by atoms with Crippen molar-refractivity contribution in [3.8, 4) is 6.07 Å². The van der Waals surface area contributed by atoms with Gasteiger partial charge in [0, 0.05) is 24.7 Å². The minimum absolute atomic E-state index is 0.00603. The van der Waals surface area contributed by atoms with E-state index >= 15 is 0 Å². The molecule has 1 saturated carbocycles. The lowest BCUT2D eigenvalue weighted by Gasteiger charge is -2.12. The van der Waals surface area contributed by atoms with Crippen LogP contribution in [0.3, 0.4) is 0 Å². The van der Waals surface area contributed by atoms with Crippen LogP contribution in [-0.2, 0) is 11.3 Å². The van der Waals surface area contributed by atoms with Crippen molar-refractivity contribution in [1.82, 2.24) is 15.8 Å². The van der Waals surface area contributed by atoms with E-state index in [4.69, 9.17) is 20.9 Å². The van der Waals surface area contributed by atoms with Gasteiger partial charge in [-0.15, -0.1) is 0 Å². The Bertz CT molecular complexity index is 1250. The lowest BCUT2D eigenvalue weighted by Crippen LogP contribution is -2.36. The van der Waals surface area contributed by atoms with Crippen LogP contribution in [0.1, 0.15) is 31.0 Å². The molecular formula is C24H25FN8O2. The molecule has 0 radical (unpaired) electrons. The SMILES string of the molecule is C=C(NC(=O)C1(C#N)CC1)/C(N)=N\C(=N/CC)C(=N)/C=C(\NCc1ccccc1F)c1ccon1. The highest BCUT2D eigenvalue weighted by atomic mass is 19.1. The number of carbonyl (C=O) groups excluding carboxylic acids is 1. The summed E-state index contributed by atoms with van der Waals surface area (Å²) in [5.74, 6) is -1.03. The van der Waals surface area contributed by atoms with Crippen LogP contribution >= 0.6 is 0 Å². The Morgan fingerprint density at radius 1 is 1.43 bits per heavy atom. The average Bonchev–Trinajstić information content (AvgIpc) is 3.47. The number of nitrogens with zero attached hydrogens (tertiary/aromatic N) is 4. The van der Waals surface area contributed by atoms with Crippen molar-refractivity contribution in [2.24, 2.45) is 21.1 Å². The summed E-state index contributed by atoms with van der Waals surface area (Å²) in [5, 5.41) is 27.1. The van der Waals surface area contributed by atoms with Gasteiger partial charge in [-0.25, -0.2) is 9.38 Å². The lowest BCUT2D eigenvalue weighted by atomic mass is 10.1. The summed E-state index contributed by atoms with van der Waals surface area (Å²) in [6.45, 7) is 5.91. The number of nitrogens with one attached hydrogen (secondary N) is 3. The maximum Gasteiger partial charge on any atom is 0.244 e. The Morgan fingerprint density at radius 2 is 2.17 bits per heavy atom. The van der Waals surface area contributed by atoms with E-state index in [0.717, 1.165) is 0 Å². The molecule has 180 valence electrons. The van der Waals surface area contributed by atoms with Crippen molar-refractivity contribution in [3.63, 3.8) is 0 Å². The number of hydrogen-bond donors (Lipinski definition) is 4. The second-order valence-corrected chi connectivity index (χ2v) is 7.72. The summed E-state index contributed by atoms with van der Waals surface area (Å²) in [4.78, 5) is 20.6. The molecular weight excluding hydrogens is 451 g/mol. The average molecular weight is 477 g/mol. The van der Waals surface area contributed by atoms with E-state index in [2.05, 4.69) is 32.4 Å². The second-order valence-electron chi connectivity index (χ2n) is 7.72. The van der Waals surface area contributed by atoms with Gasteiger partial charge in [0.2, 0.25) is 5.91 Å². The fourth-order valence-electron chi connectivity index (χ4n) is 2.96. The number of rotatable bonds is 10. The Balaban J connectivity index is 1.79. The Kier molecular flexibility index (Phi) is 7.88. The number of amidine groups is 2. The molecule has 3 rings (SSSR count). The molecule has 1 amide bonds. The van der Waals surface area contributed by atoms with Crippen LogP contribution < -0.4 is 16.4 Å². The minimum atomic E-state index is -1.05. The van der Waals surface area contributed by atoms with E-state index in [0.29, 0.717) is 36.3 Å². The van der Waals surface area contributed by atoms with Crippen LogP contribution in [0.4, 0.5) is 4.39 Å². The van der Waals surface area contributed by atoms with Crippen molar-refractivity contribution in [1.29, 1.82) is 10.7 Å². The minimum Gasteiger partial charge on any atom is -0.382 e. The van der Waals surface area contributed by atoms with E-state index in [9.17, 15) is 9.18 Å². The summed E-state index contributed by atoms with van der Waals surface area (Å²) >= 11 is 0. The number of nitrogens with two attached hydrogens (primary N) is 1. The number of aromatic nitrogens is 1. The predicted octanol–water partition coefficient (Wildman–Crippen LogP) is 2.67. The van der Waals surface area contributed by atoms with Crippen molar-refractivity contribution >= 4 is 29.0 Å². The number of halogens is 1. The molecule has 1 aromatic carbocycles. The second kappa shape index (κ2) is 11.0. The first kappa shape index (κ1) is 25.0. The highest BCUT2D eigenvalue weighted by Crippen LogP contribution is 2.45. The molecule has 0 aliphatic heterocycles. The Morgan fingerprint density at radius 3 is 2.77 bits per heavy atom. The van der Waals surface area contributed by atoms with Gasteiger partial charge < -0.3 is 20.9 Å². The first-order valence-electron chi connectivity index (χ1n) is 10.8. The molecule has 11 heteroatoms. The third-order valence-corrected chi connectivity index (χ3v) is 5.18. The van der Waals surface area contributed by atoms with E-state index in [1.807, 2.05) is 6.07 Å². The first-order valence-corrected chi connectivity index (χ1v) is 10.8. The molecule has 0 unspecified atom stereocenters. The zero-order valence-electron chi connectivity index (χ0n) is 19.1. The van der Waals surface area contributed by atoms with Crippen LogP contribution in [0, 0.1) is 28.0 Å². The van der Waals surface area contributed by atoms with Gasteiger partial charge in [0.25, 0.3) is 0 Å². The van der Waals surface area contributed by atoms with E-state index in [-0.39, 0.29) is 35.4 Å². The Hall–Kier alpha value is -4.59. The summed E-state index contributed by atoms with van der Waals surface area (Å²) < 4.78 is 18.9. The summed E-state index contributed by atoms with van der Waals surface area (Å²) in [5.41, 5.74) is 6.02. The van der Waals surface area contributed by atoms with Crippen molar-refractivity contribution < 1.29 is 13.7 Å². The number of aliphatic imine (C=N–C) groups is 2. The number of nitriles is 1. The zero-order valence-corrected chi connectivity index (χ0v) is 19.1. The predicted molar refractivity (Wildman–Crippen MR) is 130 cm³/mol. The van der Waals surface area contributed by atoms with Crippen LogP contribution in [0.25, 0.3) is 5.70 Å². The molecule has 0 saturated heterocycles. The van der Waals surface area contributed by atoms with Crippen molar-refractivity contribution in [2.75, 3.05) is 6.54 Å². The fraction of sp³-hybridized carbons (Fsp3) is 0.250. The molecule has 0 bridgehead atoms. The van der Waals surface area contributed by atoms with Gasteiger partial charge in [-0.2, -0.15) is 5.26 Å². The van der Waals surface area contributed by atoms with E-state index < -0.39 is 11.3 Å². The summed E-state index contributed by atoms with van der Waals surface area (Å²) in [6, 6.07) is 9.89. The van der Waals surface area contributed by atoms with Crippen LogP contribution in [0.15, 0.2) is 69.5 Å². The van der Waals surface area contributed by atoms with Gasteiger partial charge in [-0.3, -0.25) is 15.2 Å². The molecule has 10 nitrogen and oxygen atoms in total. The number of benzene rings is 1. The standard InChI is InChI=1S/C24H25FN8O2/c1-3-29-22(32-21(28)15(2)31-23(34)24(14-26)9-10-24)18(27)12-20(19-8-11-35-33-19)30-13-16-6-4-5-7-17(16)25/h4-8,11-12,27,30H,2-3,9-10,13H2,1H3,(H,31,34)(H2,28,29,32)/b20-12-,27-18?. The van der Waals surface area contributed by atoms with Gasteiger partial charge in [-0.05, 0) is 31.9 Å². The smallest absolute Gasteiger partial charge is 0.244 e. The lowest BCUT2D eigenvalue weighted by molar-refractivity contribution is -0.123. The maximum absolute atomic E-state index is 14.0. The molecule has 2 aromatic rings. The molecule has 0 spiro atoms. The van der Waals surface area contributed by atoms with Crippen LogP contribution in [0.5, 0.6) is 0 Å². The van der Waals surface area contributed by atoms with Gasteiger partial charge in [0.1, 0.15) is 34.7 Å². The molecule has 1 fully saturated rings. The number of carbonyl (C=O) groups is 1. The summed E-state index contributed by atoms with van der Waals surface area (Å²) in [7, 11) is 0. The zero-order chi connectivity index (χ0) is 25.4. The highest BCUT2D eigenvalue weighted by molar-refractivity contribution is 6.47. The molecule has 1 aliphatic rings. The van der Waals surface area contributed by atoms with Gasteiger partial charge >= 0.3 is 0 Å². The number of hydrogen-bond acceptors (Lipinski definition) is 7. The third kappa shape index (κ3) is 6.26.